The first-order valence-electron chi connectivity index (χ1n) is 7.35. The highest BCUT2D eigenvalue weighted by Gasteiger charge is 2.28. The smallest absolute Gasteiger partial charge is 0.262 e. The first-order valence-corrected chi connectivity index (χ1v) is 8.14. The van der Waals surface area contributed by atoms with Gasteiger partial charge in [-0.2, -0.15) is 0 Å². The van der Waals surface area contributed by atoms with Crippen LogP contribution in [-0.2, 0) is 4.79 Å². The zero-order valence-electron chi connectivity index (χ0n) is 11.9. The molecule has 1 heterocycles. The van der Waals surface area contributed by atoms with Crippen molar-refractivity contribution in [3.8, 4) is 5.75 Å². The molecule has 112 valence electrons. The van der Waals surface area contributed by atoms with Crippen LogP contribution in [-0.4, -0.2) is 18.3 Å². The Morgan fingerprint density at radius 2 is 2.00 bits per heavy atom. The zero-order valence-corrected chi connectivity index (χ0v) is 13.5. The SMILES string of the molecule is CC1CCC(C(=O)c2cc3c(cc2Br)NC(=O)CO3)CC1. The molecule has 0 saturated heterocycles. The number of amides is 1. The van der Waals surface area contributed by atoms with Crippen LogP contribution in [0.3, 0.4) is 0 Å². The van der Waals surface area contributed by atoms with Crippen molar-refractivity contribution in [2.24, 2.45) is 11.8 Å². The van der Waals surface area contributed by atoms with Gasteiger partial charge >= 0.3 is 0 Å². The molecule has 1 amide bonds. The second-order valence-corrected chi connectivity index (χ2v) is 6.84. The number of carbonyl (C=O) groups is 2. The molecule has 4 nitrogen and oxygen atoms in total. The van der Waals surface area contributed by atoms with Gasteiger partial charge < -0.3 is 10.1 Å². The average molecular weight is 352 g/mol. The van der Waals surface area contributed by atoms with Crippen LogP contribution in [0.25, 0.3) is 0 Å². The summed E-state index contributed by atoms with van der Waals surface area (Å²) in [6, 6.07) is 3.50. The van der Waals surface area contributed by atoms with Crippen molar-refractivity contribution in [3.63, 3.8) is 0 Å². The van der Waals surface area contributed by atoms with Crippen molar-refractivity contribution < 1.29 is 14.3 Å². The molecule has 0 bridgehead atoms. The Labute approximate surface area is 132 Å². The summed E-state index contributed by atoms with van der Waals surface area (Å²) in [6.07, 6.45) is 4.15. The Kier molecular flexibility index (Phi) is 4.02. The number of halogens is 1. The highest BCUT2D eigenvalue weighted by molar-refractivity contribution is 9.10. The number of nitrogens with one attached hydrogen (secondary N) is 1. The number of ketones is 1. The number of rotatable bonds is 2. The van der Waals surface area contributed by atoms with Gasteiger partial charge in [-0.25, -0.2) is 0 Å². The topological polar surface area (TPSA) is 55.4 Å². The molecule has 5 heteroatoms. The third kappa shape index (κ3) is 2.98. The lowest BCUT2D eigenvalue weighted by atomic mass is 9.79. The van der Waals surface area contributed by atoms with Gasteiger partial charge in [0.05, 0.1) is 5.69 Å². The number of Topliss-reactive ketones (excluding diaryl/α,β-unsaturated/α-hetero) is 1. The summed E-state index contributed by atoms with van der Waals surface area (Å²) < 4.78 is 6.12. The third-order valence-electron chi connectivity index (χ3n) is 4.35. The maximum absolute atomic E-state index is 12.7. The number of fused-ring (bicyclic) bond motifs is 1. The summed E-state index contributed by atoms with van der Waals surface area (Å²) in [5.41, 5.74) is 1.27. The van der Waals surface area contributed by atoms with E-state index in [4.69, 9.17) is 4.74 Å². The molecule has 1 aliphatic carbocycles. The summed E-state index contributed by atoms with van der Waals surface area (Å²) in [5, 5.41) is 2.75. The number of benzene rings is 1. The molecule has 1 aromatic carbocycles. The normalized spacial score (nSPS) is 24.8. The molecule has 2 aliphatic rings. The summed E-state index contributed by atoms with van der Waals surface area (Å²) >= 11 is 3.45. The van der Waals surface area contributed by atoms with E-state index in [1.54, 1.807) is 12.1 Å². The van der Waals surface area contributed by atoms with Gasteiger partial charge in [-0.3, -0.25) is 9.59 Å². The van der Waals surface area contributed by atoms with Gasteiger partial charge in [0.1, 0.15) is 5.75 Å². The van der Waals surface area contributed by atoms with E-state index in [1.165, 1.54) is 0 Å². The minimum absolute atomic E-state index is 0.00318. The van der Waals surface area contributed by atoms with Gasteiger partial charge in [0.15, 0.2) is 12.4 Å². The first kappa shape index (κ1) is 14.6. The minimum atomic E-state index is -0.172. The van der Waals surface area contributed by atoms with Gasteiger partial charge in [-0.15, -0.1) is 0 Å². The third-order valence-corrected chi connectivity index (χ3v) is 5.01. The lowest BCUT2D eigenvalue weighted by molar-refractivity contribution is -0.118. The molecule has 0 radical (unpaired) electrons. The van der Waals surface area contributed by atoms with E-state index in [9.17, 15) is 9.59 Å². The van der Waals surface area contributed by atoms with E-state index < -0.39 is 0 Å². The van der Waals surface area contributed by atoms with Gasteiger partial charge in [-0.05, 0) is 46.8 Å². The predicted octanol–water partition coefficient (Wildman–Crippen LogP) is 3.79. The van der Waals surface area contributed by atoms with E-state index in [-0.39, 0.29) is 24.2 Å². The number of anilines is 1. The Balaban J connectivity index is 1.85. The van der Waals surface area contributed by atoms with Crippen molar-refractivity contribution in [1.82, 2.24) is 0 Å². The van der Waals surface area contributed by atoms with Crippen molar-refractivity contribution in [2.45, 2.75) is 32.6 Å². The van der Waals surface area contributed by atoms with Crippen LogP contribution in [0, 0.1) is 11.8 Å². The minimum Gasteiger partial charge on any atom is -0.482 e. The number of carbonyl (C=O) groups excluding carboxylic acids is 2. The standard InChI is InChI=1S/C16H18BrNO3/c1-9-2-4-10(5-3-9)16(20)11-6-14-13(7-12(11)17)18-15(19)8-21-14/h6-7,9-10H,2-5,8H2,1H3,(H,18,19). The fourth-order valence-electron chi connectivity index (χ4n) is 3.03. The highest BCUT2D eigenvalue weighted by atomic mass is 79.9. The fraction of sp³-hybridized carbons (Fsp3) is 0.500. The molecule has 0 atom stereocenters. The molecule has 1 aliphatic heterocycles. The monoisotopic (exact) mass is 351 g/mol. The van der Waals surface area contributed by atoms with E-state index in [0.29, 0.717) is 17.0 Å². The molecule has 0 aromatic heterocycles. The molecule has 1 aromatic rings. The van der Waals surface area contributed by atoms with Crippen LogP contribution in [0.5, 0.6) is 5.75 Å². The van der Waals surface area contributed by atoms with Crippen molar-refractivity contribution >= 4 is 33.3 Å². The van der Waals surface area contributed by atoms with Crippen LogP contribution < -0.4 is 10.1 Å². The van der Waals surface area contributed by atoms with E-state index in [1.807, 2.05) is 0 Å². The molecule has 1 saturated carbocycles. The molecule has 3 rings (SSSR count). The van der Waals surface area contributed by atoms with Crippen LogP contribution in [0.15, 0.2) is 16.6 Å². The van der Waals surface area contributed by atoms with Crippen molar-refractivity contribution in [3.05, 3.63) is 22.2 Å². The Morgan fingerprint density at radius 1 is 1.29 bits per heavy atom. The molecular weight excluding hydrogens is 334 g/mol. The Bertz CT molecular complexity index is 591. The second kappa shape index (κ2) is 5.79. The fourth-order valence-corrected chi connectivity index (χ4v) is 3.57. The van der Waals surface area contributed by atoms with Crippen molar-refractivity contribution in [1.29, 1.82) is 0 Å². The maximum Gasteiger partial charge on any atom is 0.262 e. The Hall–Kier alpha value is -1.36. The lowest BCUT2D eigenvalue weighted by Crippen LogP contribution is -2.26. The predicted molar refractivity (Wildman–Crippen MR) is 83.7 cm³/mol. The van der Waals surface area contributed by atoms with Gasteiger partial charge in [-0.1, -0.05) is 19.8 Å². The summed E-state index contributed by atoms with van der Waals surface area (Å²) in [6.45, 7) is 2.25. The lowest BCUT2D eigenvalue weighted by Gasteiger charge is -2.26. The quantitative estimate of drug-likeness (QED) is 0.824. The number of hydrogen-bond acceptors (Lipinski definition) is 3. The van der Waals surface area contributed by atoms with Crippen LogP contribution in [0.2, 0.25) is 0 Å². The van der Waals surface area contributed by atoms with Gasteiger partial charge in [0.2, 0.25) is 0 Å². The molecule has 1 N–H and O–H groups in total. The van der Waals surface area contributed by atoms with Crippen molar-refractivity contribution in [2.75, 3.05) is 11.9 Å². The van der Waals surface area contributed by atoms with E-state index in [0.717, 1.165) is 36.1 Å². The molecule has 1 fully saturated rings. The number of ether oxygens (including phenoxy) is 1. The Morgan fingerprint density at radius 3 is 2.71 bits per heavy atom. The second-order valence-electron chi connectivity index (χ2n) is 5.99. The highest BCUT2D eigenvalue weighted by Crippen LogP contribution is 2.37. The summed E-state index contributed by atoms with van der Waals surface area (Å²) in [4.78, 5) is 24.0. The molecule has 21 heavy (non-hydrogen) atoms. The summed E-state index contributed by atoms with van der Waals surface area (Å²) in [5.74, 6) is 1.41. The van der Waals surface area contributed by atoms with E-state index in [2.05, 4.69) is 28.2 Å². The maximum atomic E-state index is 12.7. The largest absolute Gasteiger partial charge is 0.482 e. The van der Waals surface area contributed by atoms with E-state index >= 15 is 0 Å². The molecular formula is C16H18BrNO3. The molecule has 0 spiro atoms. The van der Waals surface area contributed by atoms with Crippen LogP contribution in [0.1, 0.15) is 43.0 Å². The van der Waals surface area contributed by atoms with Gasteiger partial charge in [0, 0.05) is 16.0 Å². The van der Waals surface area contributed by atoms with Gasteiger partial charge in [0.25, 0.3) is 5.91 Å². The molecule has 0 unspecified atom stereocenters. The number of hydrogen-bond donors (Lipinski definition) is 1. The zero-order chi connectivity index (χ0) is 15.0. The van der Waals surface area contributed by atoms with Crippen LogP contribution in [0.4, 0.5) is 5.69 Å². The average Bonchev–Trinajstić information content (AvgIpc) is 2.46. The summed E-state index contributed by atoms with van der Waals surface area (Å²) in [7, 11) is 0. The first-order chi connectivity index (χ1) is 10.0. The van der Waals surface area contributed by atoms with Crippen LogP contribution >= 0.6 is 15.9 Å².